The summed E-state index contributed by atoms with van der Waals surface area (Å²) in [6.45, 7) is 4.65. The van der Waals surface area contributed by atoms with Crippen LogP contribution in [0.4, 0.5) is 4.79 Å². The number of piperidine rings is 1. The van der Waals surface area contributed by atoms with Crippen LogP contribution >= 0.6 is 11.6 Å². The molecule has 0 aromatic heterocycles. The molecule has 0 atom stereocenters. The molecule has 1 aromatic carbocycles. The van der Waals surface area contributed by atoms with Crippen LogP contribution in [0.1, 0.15) is 24.8 Å². The number of amides is 2. The Bertz CT molecular complexity index is 459. The molecule has 5 heteroatoms. The minimum atomic E-state index is 0.0149. The first-order chi connectivity index (χ1) is 9.66. The molecule has 1 aliphatic rings. The zero-order valence-electron chi connectivity index (χ0n) is 11.8. The molecule has 1 aromatic rings. The molecule has 0 unspecified atom stereocenters. The lowest BCUT2D eigenvalue weighted by atomic mass is 10.1. The van der Waals surface area contributed by atoms with Gasteiger partial charge in [0.25, 0.3) is 0 Å². The van der Waals surface area contributed by atoms with Crippen molar-refractivity contribution in [2.24, 2.45) is 0 Å². The summed E-state index contributed by atoms with van der Waals surface area (Å²) in [5.74, 6) is 0.807. The van der Waals surface area contributed by atoms with Crippen molar-refractivity contribution in [2.45, 2.75) is 26.2 Å². The number of ether oxygens (including phenoxy) is 1. The summed E-state index contributed by atoms with van der Waals surface area (Å²) < 4.78 is 5.64. The summed E-state index contributed by atoms with van der Waals surface area (Å²) in [6, 6.07) is 5.53. The van der Waals surface area contributed by atoms with Gasteiger partial charge < -0.3 is 15.0 Å². The lowest BCUT2D eigenvalue weighted by Gasteiger charge is -2.26. The monoisotopic (exact) mass is 296 g/mol. The molecule has 0 spiro atoms. The highest BCUT2D eigenvalue weighted by Crippen LogP contribution is 2.21. The van der Waals surface area contributed by atoms with Crippen molar-refractivity contribution in [3.05, 3.63) is 28.8 Å². The van der Waals surface area contributed by atoms with Gasteiger partial charge in [-0.25, -0.2) is 4.79 Å². The molecule has 0 saturated carbocycles. The van der Waals surface area contributed by atoms with Gasteiger partial charge in [0.2, 0.25) is 0 Å². The molecule has 1 aliphatic heterocycles. The number of likely N-dealkylation sites (tertiary alicyclic amines) is 1. The zero-order valence-corrected chi connectivity index (χ0v) is 12.6. The second-order valence-corrected chi connectivity index (χ2v) is 5.47. The number of carbonyl (C=O) groups is 1. The van der Waals surface area contributed by atoms with Crippen LogP contribution in [0.15, 0.2) is 18.2 Å². The van der Waals surface area contributed by atoms with Crippen LogP contribution < -0.4 is 10.1 Å². The van der Waals surface area contributed by atoms with Gasteiger partial charge in [-0.05, 0) is 49.9 Å². The van der Waals surface area contributed by atoms with Crippen molar-refractivity contribution in [3.8, 4) is 5.75 Å². The quantitative estimate of drug-likeness (QED) is 0.867. The van der Waals surface area contributed by atoms with Crippen molar-refractivity contribution in [1.82, 2.24) is 10.2 Å². The summed E-state index contributed by atoms with van der Waals surface area (Å²) in [4.78, 5) is 13.7. The number of benzene rings is 1. The lowest BCUT2D eigenvalue weighted by molar-refractivity contribution is 0.184. The highest BCUT2D eigenvalue weighted by Gasteiger charge is 2.15. The average molecular weight is 297 g/mol. The molecule has 0 aliphatic carbocycles. The Kier molecular flexibility index (Phi) is 5.53. The number of nitrogens with zero attached hydrogens (tertiary/aromatic N) is 1. The van der Waals surface area contributed by atoms with Crippen molar-refractivity contribution < 1.29 is 9.53 Å². The van der Waals surface area contributed by atoms with E-state index in [2.05, 4.69) is 5.32 Å². The summed E-state index contributed by atoms with van der Waals surface area (Å²) in [5, 5.41) is 3.59. The third-order valence-corrected chi connectivity index (χ3v) is 3.65. The lowest BCUT2D eigenvalue weighted by Crippen LogP contribution is -2.43. The topological polar surface area (TPSA) is 41.6 Å². The maximum Gasteiger partial charge on any atom is 0.317 e. The Morgan fingerprint density at radius 1 is 1.35 bits per heavy atom. The zero-order chi connectivity index (χ0) is 14.4. The van der Waals surface area contributed by atoms with Crippen molar-refractivity contribution in [2.75, 3.05) is 26.2 Å². The average Bonchev–Trinajstić information content (AvgIpc) is 2.46. The molecule has 2 rings (SSSR count). The fraction of sp³-hybridized carbons (Fsp3) is 0.533. The molecule has 20 heavy (non-hydrogen) atoms. The summed E-state index contributed by atoms with van der Waals surface area (Å²) >= 11 is 5.89. The third kappa shape index (κ3) is 4.30. The van der Waals surface area contributed by atoms with Crippen LogP contribution in [0.5, 0.6) is 5.75 Å². The van der Waals surface area contributed by atoms with E-state index in [9.17, 15) is 4.79 Å². The first-order valence-corrected chi connectivity index (χ1v) is 7.46. The minimum absolute atomic E-state index is 0.0149. The van der Waals surface area contributed by atoms with Crippen LogP contribution in [-0.2, 0) is 0 Å². The van der Waals surface area contributed by atoms with E-state index in [0.717, 1.165) is 37.2 Å². The Morgan fingerprint density at radius 2 is 2.10 bits per heavy atom. The van der Waals surface area contributed by atoms with E-state index in [1.54, 1.807) is 6.07 Å². The Morgan fingerprint density at radius 3 is 2.80 bits per heavy atom. The van der Waals surface area contributed by atoms with Crippen molar-refractivity contribution in [3.63, 3.8) is 0 Å². The van der Waals surface area contributed by atoms with Crippen molar-refractivity contribution in [1.29, 1.82) is 0 Å². The number of rotatable bonds is 4. The van der Waals surface area contributed by atoms with Crippen LogP contribution in [0.25, 0.3) is 0 Å². The van der Waals surface area contributed by atoms with E-state index in [1.165, 1.54) is 6.42 Å². The van der Waals surface area contributed by atoms with E-state index in [4.69, 9.17) is 16.3 Å². The SMILES string of the molecule is Cc1cc(Cl)ccc1OCCNC(=O)N1CCCCC1. The maximum atomic E-state index is 11.9. The van der Waals surface area contributed by atoms with Crippen LogP contribution in [0.2, 0.25) is 5.02 Å². The normalized spacial score (nSPS) is 15.0. The molecule has 0 radical (unpaired) electrons. The molecule has 4 nitrogen and oxygen atoms in total. The first-order valence-electron chi connectivity index (χ1n) is 7.08. The van der Waals surface area contributed by atoms with Gasteiger partial charge in [0, 0.05) is 18.1 Å². The Hall–Kier alpha value is -1.42. The van der Waals surface area contributed by atoms with Gasteiger partial charge in [0.05, 0.1) is 6.54 Å². The maximum absolute atomic E-state index is 11.9. The molecule has 1 fully saturated rings. The number of halogens is 1. The minimum Gasteiger partial charge on any atom is -0.491 e. The highest BCUT2D eigenvalue weighted by molar-refractivity contribution is 6.30. The largest absolute Gasteiger partial charge is 0.491 e. The number of urea groups is 1. The predicted octanol–water partition coefficient (Wildman–Crippen LogP) is 3.22. The molecule has 1 saturated heterocycles. The summed E-state index contributed by atoms with van der Waals surface area (Å²) in [5.41, 5.74) is 1.000. The van der Waals surface area contributed by atoms with Crippen molar-refractivity contribution >= 4 is 17.6 Å². The molecule has 1 N–H and O–H groups in total. The van der Waals surface area contributed by atoms with E-state index in [0.29, 0.717) is 18.2 Å². The molecule has 110 valence electrons. The van der Waals surface area contributed by atoms with Gasteiger partial charge in [-0.3, -0.25) is 0 Å². The smallest absolute Gasteiger partial charge is 0.317 e. The van der Waals surface area contributed by atoms with E-state index < -0.39 is 0 Å². The van der Waals surface area contributed by atoms with E-state index >= 15 is 0 Å². The van der Waals surface area contributed by atoms with Gasteiger partial charge >= 0.3 is 6.03 Å². The van der Waals surface area contributed by atoms with E-state index in [1.807, 2.05) is 24.0 Å². The van der Waals surface area contributed by atoms with Gasteiger partial charge in [-0.15, -0.1) is 0 Å². The second-order valence-electron chi connectivity index (χ2n) is 5.04. The van der Waals surface area contributed by atoms with Gasteiger partial charge in [0.1, 0.15) is 12.4 Å². The third-order valence-electron chi connectivity index (χ3n) is 3.42. The molecular formula is C15H21ClN2O2. The second kappa shape index (κ2) is 7.39. The van der Waals surface area contributed by atoms with Gasteiger partial charge in [-0.1, -0.05) is 11.6 Å². The van der Waals surface area contributed by atoms with Gasteiger partial charge in [0.15, 0.2) is 0 Å². The first kappa shape index (κ1) is 15.0. The molecule has 1 heterocycles. The number of carbonyl (C=O) groups excluding carboxylic acids is 1. The molecular weight excluding hydrogens is 276 g/mol. The number of aryl methyl sites for hydroxylation is 1. The van der Waals surface area contributed by atoms with E-state index in [-0.39, 0.29) is 6.03 Å². The van der Waals surface area contributed by atoms with Crippen LogP contribution in [0, 0.1) is 6.92 Å². The standard InChI is InChI=1S/C15H21ClN2O2/c1-12-11-13(16)5-6-14(12)20-10-7-17-15(19)18-8-3-2-4-9-18/h5-6,11H,2-4,7-10H2,1H3,(H,17,19). The van der Waals surface area contributed by atoms with Gasteiger partial charge in [-0.2, -0.15) is 0 Å². The summed E-state index contributed by atoms with van der Waals surface area (Å²) in [6.07, 6.45) is 3.44. The van der Waals surface area contributed by atoms with Crippen LogP contribution in [-0.4, -0.2) is 37.2 Å². The van der Waals surface area contributed by atoms with Crippen LogP contribution in [0.3, 0.4) is 0 Å². The fourth-order valence-electron chi connectivity index (χ4n) is 2.30. The number of hydrogen-bond donors (Lipinski definition) is 1. The Labute approximate surface area is 125 Å². The predicted molar refractivity (Wildman–Crippen MR) is 80.5 cm³/mol. The highest BCUT2D eigenvalue weighted by atomic mass is 35.5. The Balaban J connectivity index is 1.69. The number of nitrogens with one attached hydrogen (secondary N) is 1. The number of hydrogen-bond acceptors (Lipinski definition) is 2. The molecule has 2 amide bonds. The molecule has 0 bridgehead atoms. The summed E-state index contributed by atoms with van der Waals surface area (Å²) in [7, 11) is 0. The fourth-order valence-corrected chi connectivity index (χ4v) is 2.53.